The van der Waals surface area contributed by atoms with Crippen molar-refractivity contribution in [2.24, 2.45) is 5.92 Å². The van der Waals surface area contributed by atoms with Gasteiger partial charge in [-0.3, -0.25) is 4.79 Å². The van der Waals surface area contributed by atoms with Gasteiger partial charge in [-0.1, -0.05) is 43.2 Å². The van der Waals surface area contributed by atoms with Gasteiger partial charge in [0.15, 0.2) is 0 Å². The molecule has 1 fully saturated rings. The second-order valence-corrected chi connectivity index (χ2v) is 8.84. The molecule has 1 amide bonds. The molecule has 1 atom stereocenters. The molecule has 2 N–H and O–H groups in total. The number of piperidine rings is 1. The summed E-state index contributed by atoms with van der Waals surface area (Å²) in [5.74, 6) is -1.02. The lowest BCUT2D eigenvalue weighted by atomic mass is 9.91. The number of amides is 1. The van der Waals surface area contributed by atoms with Gasteiger partial charge in [0.25, 0.3) is 0 Å². The summed E-state index contributed by atoms with van der Waals surface area (Å²) in [4.78, 5) is 24.6. The molecule has 9 heteroatoms. The van der Waals surface area contributed by atoms with Gasteiger partial charge in [-0.05, 0) is 30.7 Å². The fraction of sp³-hybridized carbons (Fsp3) is 0.579. The highest BCUT2D eigenvalue weighted by Crippen LogP contribution is 2.23. The summed E-state index contributed by atoms with van der Waals surface area (Å²) >= 11 is 0. The topological polar surface area (TPSA) is 113 Å². The maximum absolute atomic E-state index is 12.3. The third-order valence-corrected chi connectivity index (χ3v) is 6.33. The van der Waals surface area contributed by atoms with Crippen molar-refractivity contribution in [3.05, 3.63) is 35.9 Å². The van der Waals surface area contributed by atoms with E-state index < -0.39 is 22.0 Å². The van der Waals surface area contributed by atoms with Crippen LogP contribution in [0.4, 0.5) is 4.79 Å². The minimum atomic E-state index is -3.74. The molecule has 2 rings (SSSR count). The summed E-state index contributed by atoms with van der Waals surface area (Å²) < 4.78 is 31.6. The Balaban J connectivity index is 1.79. The largest absolute Gasteiger partial charge is 0.480 e. The number of hydrogen-bond acceptors (Lipinski definition) is 5. The summed E-state index contributed by atoms with van der Waals surface area (Å²) in [5.41, 5.74) is 0.608. The van der Waals surface area contributed by atoms with E-state index in [-0.39, 0.29) is 18.3 Å². The Hall–Kier alpha value is -2.13. The first-order chi connectivity index (χ1) is 13.3. The van der Waals surface area contributed by atoms with E-state index in [2.05, 4.69) is 4.72 Å². The lowest BCUT2D eigenvalue weighted by Crippen LogP contribution is -2.41. The number of likely N-dealkylation sites (tertiary alicyclic amines) is 1. The number of nitrogens with zero attached hydrogens (tertiary/aromatic N) is 1. The average Bonchev–Trinajstić information content (AvgIpc) is 2.67. The molecule has 28 heavy (non-hydrogen) atoms. The van der Waals surface area contributed by atoms with Crippen LogP contribution in [0.1, 0.15) is 37.7 Å². The Labute approximate surface area is 165 Å². The van der Waals surface area contributed by atoms with Gasteiger partial charge in [0.2, 0.25) is 10.0 Å². The number of carboxylic acids is 1. The number of carbonyl (C=O) groups is 2. The predicted octanol–water partition coefficient (Wildman–Crippen LogP) is 2.21. The van der Waals surface area contributed by atoms with Crippen LogP contribution in [0, 0.1) is 5.92 Å². The number of carbonyl (C=O) groups excluding carboxylic acids is 1. The Morgan fingerprint density at radius 1 is 1.25 bits per heavy atom. The van der Waals surface area contributed by atoms with Crippen LogP contribution in [0.5, 0.6) is 0 Å². The molecule has 1 aromatic carbocycles. The first kappa shape index (κ1) is 22.2. The second-order valence-electron chi connectivity index (χ2n) is 7.08. The van der Waals surface area contributed by atoms with Crippen LogP contribution < -0.4 is 4.72 Å². The Bertz CT molecular complexity index is 745. The zero-order valence-corrected chi connectivity index (χ0v) is 16.9. The van der Waals surface area contributed by atoms with Gasteiger partial charge in [0, 0.05) is 13.1 Å². The molecule has 1 saturated heterocycles. The normalized spacial score (nSPS) is 16.5. The standard InChI is InChI=1S/C19H28N2O6S/c1-27-19(24)21-12-10-15(11-13-21)8-5-9-17(18(22)23)20-28(25,26)14-16-6-3-2-4-7-16/h2-4,6-7,15,17,20H,5,8-14H2,1H3,(H,22,23)/t17-/m1/s1. The molecule has 0 bridgehead atoms. The fourth-order valence-corrected chi connectivity index (χ4v) is 4.80. The number of methoxy groups -OCH3 is 1. The SMILES string of the molecule is COC(=O)N1CCC(CCC[C@@H](NS(=O)(=O)Cc2ccccc2)C(=O)O)CC1. The van der Waals surface area contributed by atoms with Gasteiger partial charge in [0.1, 0.15) is 6.04 Å². The summed E-state index contributed by atoms with van der Waals surface area (Å²) in [7, 11) is -2.38. The predicted molar refractivity (Wildman–Crippen MR) is 104 cm³/mol. The number of carboxylic acid groups (broad SMARTS) is 1. The lowest BCUT2D eigenvalue weighted by Gasteiger charge is -2.31. The molecular formula is C19H28N2O6S. The van der Waals surface area contributed by atoms with Crippen molar-refractivity contribution >= 4 is 22.1 Å². The molecular weight excluding hydrogens is 384 g/mol. The second kappa shape index (κ2) is 10.4. The van der Waals surface area contributed by atoms with Crippen molar-refractivity contribution in [2.45, 2.75) is 43.9 Å². The molecule has 0 aromatic heterocycles. The molecule has 1 heterocycles. The van der Waals surface area contributed by atoms with Crippen molar-refractivity contribution in [2.75, 3.05) is 20.2 Å². The summed E-state index contributed by atoms with van der Waals surface area (Å²) in [6, 6.07) is 7.52. The number of aliphatic carboxylic acids is 1. The third-order valence-electron chi connectivity index (χ3n) is 4.97. The van der Waals surface area contributed by atoms with E-state index in [0.29, 0.717) is 31.0 Å². The summed E-state index contributed by atoms with van der Waals surface area (Å²) in [6.45, 7) is 1.26. The van der Waals surface area contributed by atoms with Crippen LogP contribution in [-0.4, -0.2) is 56.7 Å². The van der Waals surface area contributed by atoms with Crippen molar-refractivity contribution < 1.29 is 27.9 Å². The molecule has 1 aliphatic rings. The quantitative estimate of drug-likeness (QED) is 0.643. The molecule has 1 aliphatic heterocycles. The Morgan fingerprint density at radius 3 is 2.46 bits per heavy atom. The van der Waals surface area contributed by atoms with E-state index in [1.807, 2.05) is 0 Å². The van der Waals surface area contributed by atoms with E-state index in [9.17, 15) is 23.1 Å². The van der Waals surface area contributed by atoms with Crippen LogP contribution in [-0.2, 0) is 25.3 Å². The number of rotatable bonds is 9. The maximum atomic E-state index is 12.3. The molecule has 8 nitrogen and oxygen atoms in total. The monoisotopic (exact) mass is 412 g/mol. The van der Waals surface area contributed by atoms with E-state index >= 15 is 0 Å². The van der Waals surface area contributed by atoms with E-state index in [1.54, 1.807) is 35.2 Å². The van der Waals surface area contributed by atoms with Gasteiger partial charge in [0.05, 0.1) is 12.9 Å². The zero-order valence-electron chi connectivity index (χ0n) is 16.0. The number of hydrogen-bond donors (Lipinski definition) is 2. The molecule has 0 saturated carbocycles. The molecule has 0 unspecified atom stereocenters. The van der Waals surface area contributed by atoms with Crippen molar-refractivity contribution in [1.29, 1.82) is 0 Å². The fourth-order valence-electron chi connectivity index (χ4n) is 3.43. The highest BCUT2D eigenvalue weighted by Gasteiger charge is 2.26. The van der Waals surface area contributed by atoms with Crippen LogP contribution in [0.3, 0.4) is 0 Å². The van der Waals surface area contributed by atoms with E-state index in [1.165, 1.54) is 7.11 Å². The third kappa shape index (κ3) is 7.12. The smallest absolute Gasteiger partial charge is 0.409 e. The van der Waals surface area contributed by atoms with Crippen LogP contribution >= 0.6 is 0 Å². The van der Waals surface area contributed by atoms with E-state index in [0.717, 1.165) is 19.3 Å². The van der Waals surface area contributed by atoms with Crippen molar-refractivity contribution in [3.63, 3.8) is 0 Å². The molecule has 1 aromatic rings. The lowest BCUT2D eigenvalue weighted by molar-refractivity contribution is -0.139. The van der Waals surface area contributed by atoms with Crippen molar-refractivity contribution in [3.8, 4) is 0 Å². The molecule has 0 spiro atoms. The van der Waals surface area contributed by atoms with E-state index in [4.69, 9.17) is 4.74 Å². The summed E-state index contributed by atoms with van der Waals surface area (Å²) in [5, 5.41) is 9.38. The van der Waals surface area contributed by atoms with Crippen molar-refractivity contribution in [1.82, 2.24) is 9.62 Å². The minimum Gasteiger partial charge on any atom is -0.480 e. The van der Waals surface area contributed by atoms with Gasteiger partial charge < -0.3 is 14.7 Å². The average molecular weight is 413 g/mol. The highest BCUT2D eigenvalue weighted by molar-refractivity contribution is 7.88. The molecule has 156 valence electrons. The molecule has 0 aliphatic carbocycles. The van der Waals surface area contributed by atoms with Crippen LogP contribution in [0.15, 0.2) is 30.3 Å². The minimum absolute atomic E-state index is 0.237. The first-order valence-corrected chi connectivity index (χ1v) is 11.1. The number of nitrogens with one attached hydrogen (secondary N) is 1. The zero-order chi connectivity index (χ0) is 20.6. The van der Waals surface area contributed by atoms with Gasteiger partial charge in [-0.2, -0.15) is 0 Å². The maximum Gasteiger partial charge on any atom is 0.409 e. The van der Waals surface area contributed by atoms with Gasteiger partial charge in [-0.15, -0.1) is 0 Å². The van der Waals surface area contributed by atoms with Crippen LogP contribution in [0.2, 0.25) is 0 Å². The Morgan fingerprint density at radius 2 is 1.89 bits per heavy atom. The van der Waals surface area contributed by atoms with Gasteiger partial charge in [-0.25, -0.2) is 17.9 Å². The highest BCUT2D eigenvalue weighted by atomic mass is 32.2. The molecule has 0 radical (unpaired) electrons. The number of benzene rings is 1. The number of ether oxygens (including phenoxy) is 1. The van der Waals surface area contributed by atoms with Crippen LogP contribution in [0.25, 0.3) is 0 Å². The Kier molecular flexibility index (Phi) is 8.25. The van der Waals surface area contributed by atoms with Gasteiger partial charge >= 0.3 is 12.1 Å². The first-order valence-electron chi connectivity index (χ1n) is 9.40. The summed E-state index contributed by atoms with van der Waals surface area (Å²) in [6.07, 6.45) is 3.00. The number of sulfonamides is 1.